The molecule has 3 atom stereocenters. The van der Waals surface area contributed by atoms with Gasteiger partial charge in [0.25, 0.3) is 0 Å². The topological polar surface area (TPSA) is 20.3 Å². The number of hydrogen-bond acceptors (Lipinski definition) is 4. The van der Waals surface area contributed by atoms with Gasteiger partial charge in [0.2, 0.25) is 5.91 Å². The van der Waals surface area contributed by atoms with Gasteiger partial charge in [0.05, 0.1) is 16.0 Å². The first-order chi connectivity index (χ1) is 12.2. The van der Waals surface area contributed by atoms with Crippen molar-refractivity contribution in [1.29, 1.82) is 0 Å². The van der Waals surface area contributed by atoms with Gasteiger partial charge in [-0.3, -0.25) is 4.79 Å². The van der Waals surface area contributed by atoms with Crippen molar-refractivity contribution in [1.82, 2.24) is 4.90 Å². The first kappa shape index (κ1) is 26.3. The Morgan fingerprint density at radius 1 is 0.786 bits per heavy atom. The minimum atomic E-state index is 0.0686. The van der Waals surface area contributed by atoms with E-state index in [1.807, 2.05) is 35.3 Å². The van der Waals surface area contributed by atoms with Crippen LogP contribution in [0.3, 0.4) is 0 Å². The molecule has 164 valence electrons. The molecule has 0 aromatic carbocycles. The summed E-state index contributed by atoms with van der Waals surface area (Å²) in [5.41, 5.74) is 1.55. The average molecular weight is 446 g/mol. The standard InChI is InChI=1S/C23H43NOS3/c1-15(25)24-17(26-21(5,6)7)14-16(20(2,3)4)18(27-22(8,9)10)19(24)28-23(11,12)13/h14,17-19H,1-13H3/t17-,18-,19+/m1/s1. The summed E-state index contributed by atoms with van der Waals surface area (Å²) in [4.78, 5) is 15.1. The third-order valence-electron chi connectivity index (χ3n) is 4.09. The summed E-state index contributed by atoms with van der Waals surface area (Å²) < 4.78 is 0.281. The number of carbonyl (C=O) groups is 1. The number of hydrogen-bond donors (Lipinski definition) is 0. The van der Waals surface area contributed by atoms with Crippen molar-refractivity contribution < 1.29 is 4.79 Å². The van der Waals surface area contributed by atoms with Crippen molar-refractivity contribution in [2.45, 2.75) is 120 Å². The molecule has 0 aromatic rings. The smallest absolute Gasteiger partial charge is 0.221 e. The lowest BCUT2D eigenvalue weighted by Crippen LogP contribution is -2.54. The SMILES string of the molecule is CC(=O)N1[C@H](SC(C)(C)C)C=C(C(C)(C)C)[C@@H](SC(C)(C)C)[C@@H]1SC(C)(C)C. The van der Waals surface area contributed by atoms with Gasteiger partial charge in [-0.1, -0.05) is 89.2 Å². The van der Waals surface area contributed by atoms with Gasteiger partial charge in [-0.05, 0) is 11.0 Å². The van der Waals surface area contributed by atoms with Crippen LogP contribution in [0.15, 0.2) is 11.6 Å². The van der Waals surface area contributed by atoms with Gasteiger partial charge in [0.15, 0.2) is 0 Å². The number of rotatable bonds is 3. The van der Waals surface area contributed by atoms with Crippen molar-refractivity contribution >= 4 is 41.2 Å². The number of carbonyl (C=O) groups excluding carboxylic acids is 1. The molecule has 0 aliphatic carbocycles. The molecule has 5 heteroatoms. The molecule has 1 amide bonds. The van der Waals surface area contributed by atoms with Crippen LogP contribution in [0.25, 0.3) is 0 Å². The van der Waals surface area contributed by atoms with Crippen LogP contribution in [0, 0.1) is 5.41 Å². The molecule has 0 unspecified atom stereocenters. The fourth-order valence-electron chi connectivity index (χ4n) is 3.24. The second-order valence-corrected chi connectivity index (χ2v) is 17.5. The molecule has 1 rings (SSSR count). The predicted octanol–water partition coefficient (Wildman–Crippen LogP) is 7.44. The lowest BCUT2D eigenvalue weighted by atomic mass is 9.82. The van der Waals surface area contributed by atoms with Gasteiger partial charge >= 0.3 is 0 Å². The molecule has 0 radical (unpaired) electrons. The molecule has 0 N–H and O–H groups in total. The van der Waals surface area contributed by atoms with Gasteiger partial charge in [0.1, 0.15) is 0 Å². The summed E-state index contributed by atoms with van der Waals surface area (Å²) in [6.07, 6.45) is 2.40. The van der Waals surface area contributed by atoms with Crippen molar-refractivity contribution in [2.75, 3.05) is 0 Å². The first-order valence-corrected chi connectivity index (χ1v) is 12.9. The lowest BCUT2D eigenvalue weighted by Gasteiger charge is -2.51. The fraction of sp³-hybridized carbons (Fsp3) is 0.870. The second kappa shape index (κ2) is 8.78. The van der Waals surface area contributed by atoms with Crippen LogP contribution in [0.2, 0.25) is 0 Å². The molecule has 2 nitrogen and oxygen atoms in total. The molecular weight excluding hydrogens is 402 g/mol. The maximum atomic E-state index is 12.9. The van der Waals surface area contributed by atoms with Crippen LogP contribution < -0.4 is 0 Å². The maximum absolute atomic E-state index is 12.9. The Balaban J connectivity index is 3.65. The Labute approximate surface area is 187 Å². The van der Waals surface area contributed by atoms with Gasteiger partial charge in [-0.15, -0.1) is 35.3 Å². The molecule has 0 fully saturated rings. The van der Waals surface area contributed by atoms with Crippen LogP contribution in [-0.2, 0) is 4.79 Å². The van der Waals surface area contributed by atoms with Crippen molar-refractivity contribution in [2.24, 2.45) is 5.41 Å². The highest BCUT2D eigenvalue weighted by Crippen LogP contribution is 2.52. The number of amides is 1. The number of thioether (sulfide) groups is 3. The molecule has 0 saturated heterocycles. The summed E-state index contributed by atoms with van der Waals surface area (Å²) >= 11 is 5.84. The highest BCUT2D eigenvalue weighted by Gasteiger charge is 2.46. The molecule has 1 aliphatic rings. The van der Waals surface area contributed by atoms with E-state index in [1.54, 1.807) is 6.92 Å². The highest BCUT2D eigenvalue weighted by molar-refractivity contribution is 8.05. The molecule has 1 heterocycles. The molecule has 28 heavy (non-hydrogen) atoms. The molecule has 0 aromatic heterocycles. The quantitative estimate of drug-likeness (QED) is 0.420. The highest BCUT2D eigenvalue weighted by atomic mass is 32.2. The van der Waals surface area contributed by atoms with Crippen LogP contribution in [0.4, 0.5) is 0 Å². The Kier molecular flexibility index (Phi) is 8.25. The van der Waals surface area contributed by atoms with Gasteiger partial charge < -0.3 is 4.90 Å². The van der Waals surface area contributed by atoms with E-state index in [0.717, 1.165) is 0 Å². The molecule has 1 aliphatic heterocycles. The lowest BCUT2D eigenvalue weighted by molar-refractivity contribution is -0.129. The summed E-state index contributed by atoms with van der Waals surface area (Å²) in [7, 11) is 0. The van der Waals surface area contributed by atoms with E-state index in [1.165, 1.54) is 5.57 Å². The van der Waals surface area contributed by atoms with Crippen molar-refractivity contribution in [3.8, 4) is 0 Å². The van der Waals surface area contributed by atoms with Gasteiger partial charge in [-0.25, -0.2) is 0 Å². The largest absolute Gasteiger partial charge is 0.314 e. The summed E-state index contributed by atoms with van der Waals surface area (Å²) in [6, 6.07) is 0. The zero-order valence-electron chi connectivity index (χ0n) is 20.4. The minimum absolute atomic E-state index is 0.0686. The van der Waals surface area contributed by atoms with E-state index in [9.17, 15) is 4.79 Å². The zero-order chi connectivity index (χ0) is 22.3. The van der Waals surface area contributed by atoms with Crippen LogP contribution >= 0.6 is 35.3 Å². The predicted molar refractivity (Wildman–Crippen MR) is 133 cm³/mol. The molecule has 0 bridgehead atoms. The Morgan fingerprint density at radius 3 is 1.54 bits per heavy atom. The Morgan fingerprint density at radius 2 is 1.21 bits per heavy atom. The zero-order valence-corrected chi connectivity index (χ0v) is 22.8. The number of nitrogens with zero attached hydrogens (tertiary/aromatic N) is 1. The summed E-state index contributed by atoms with van der Waals surface area (Å²) in [5, 5.41) is 0.481. The van der Waals surface area contributed by atoms with Crippen molar-refractivity contribution in [3.05, 3.63) is 11.6 Å². The normalized spacial score (nSPS) is 25.0. The van der Waals surface area contributed by atoms with Crippen LogP contribution in [0.5, 0.6) is 0 Å². The molecule has 0 spiro atoms. The van der Waals surface area contributed by atoms with E-state index in [2.05, 4.69) is 94.1 Å². The maximum Gasteiger partial charge on any atom is 0.221 e. The van der Waals surface area contributed by atoms with Gasteiger partial charge in [-0.2, -0.15) is 0 Å². The second-order valence-electron chi connectivity index (χ2n) is 11.7. The Bertz CT molecular complexity index is 585. The van der Waals surface area contributed by atoms with E-state index < -0.39 is 0 Å². The van der Waals surface area contributed by atoms with Crippen LogP contribution in [0.1, 0.15) is 90.0 Å². The molecule has 0 saturated carbocycles. The van der Waals surface area contributed by atoms with Crippen LogP contribution in [-0.4, -0.2) is 41.0 Å². The van der Waals surface area contributed by atoms with E-state index in [-0.39, 0.29) is 41.6 Å². The summed E-state index contributed by atoms with van der Waals surface area (Å²) in [5.74, 6) is 0.173. The third-order valence-corrected chi connectivity index (χ3v) is 8.50. The summed E-state index contributed by atoms with van der Waals surface area (Å²) in [6.45, 7) is 29.0. The minimum Gasteiger partial charge on any atom is -0.314 e. The first-order valence-electron chi connectivity index (χ1n) is 10.3. The van der Waals surface area contributed by atoms with Gasteiger partial charge in [0, 0.05) is 21.2 Å². The fourth-order valence-corrected chi connectivity index (χ4v) is 7.94. The Hall–Kier alpha value is 0.260. The van der Waals surface area contributed by atoms with E-state index in [0.29, 0.717) is 0 Å². The average Bonchev–Trinajstić information content (AvgIpc) is 2.34. The third kappa shape index (κ3) is 8.18. The molecular formula is C23H43NOS3. The van der Waals surface area contributed by atoms with Crippen molar-refractivity contribution in [3.63, 3.8) is 0 Å². The van der Waals surface area contributed by atoms with E-state index >= 15 is 0 Å². The monoisotopic (exact) mass is 445 g/mol. The van der Waals surface area contributed by atoms with E-state index in [4.69, 9.17) is 0 Å².